The fourth-order valence-corrected chi connectivity index (χ4v) is 2.58. The highest BCUT2D eigenvalue weighted by atomic mass is 127. The minimum absolute atomic E-state index is 0.148. The Morgan fingerprint density at radius 3 is 2.82 bits per heavy atom. The second kappa shape index (κ2) is 6.22. The van der Waals surface area contributed by atoms with Crippen molar-refractivity contribution in [2.45, 2.75) is 6.92 Å². The van der Waals surface area contributed by atoms with Gasteiger partial charge in [-0.05, 0) is 75.8 Å². The molecule has 1 aromatic heterocycles. The summed E-state index contributed by atoms with van der Waals surface area (Å²) in [6.45, 7) is 1.96. The number of rotatable bonds is 3. The van der Waals surface area contributed by atoms with Crippen molar-refractivity contribution in [2.24, 2.45) is 0 Å². The number of hydrogen-bond acceptors (Lipinski definition) is 4. The normalized spacial score (nSPS) is 10.5. The van der Waals surface area contributed by atoms with Crippen LogP contribution in [0, 0.1) is 10.5 Å². The van der Waals surface area contributed by atoms with E-state index in [0.717, 1.165) is 14.8 Å². The van der Waals surface area contributed by atoms with Gasteiger partial charge in [0.25, 0.3) is 5.91 Å². The van der Waals surface area contributed by atoms with Crippen molar-refractivity contribution < 1.29 is 4.79 Å². The maximum Gasteiger partial charge on any atom is 0.255 e. The lowest BCUT2D eigenvalue weighted by Crippen LogP contribution is -2.12. The van der Waals surface area contributed by atoms with Crippen molar-refractivity contribution >= 4 is 34.2 Å². The number of halogens is 1. The lowest BCUT2D eigenvalue weighted by molar-refractivity contribution is 0.102. The summed E-state index contributed by atoms with van der Waals surface area (Å²) in [5, 5.41) is 14.0. The number of nitrogens with one attached hydrogen (secondary N) is 1. The summed E-state index contributed by atoms with van der Waals surface area (Å²) < 4.78 is 2.58. The third-order valence-electron chi connectivity index (χ3n) is 3.15. The lowest BCUT2D eigenvalue weighted by Gasteiger charge is -2.09. The van der Waals surface area contributed by atoms with Crippen LogP contribution in [0.5, 0.6) is 0 Å². The van der Waals surface area contributed by atoms with E-state index < -0.39 is 0 Å². The number of carbonyl (C=O) groups is 1. The highest BCUT2D eigenvalue weighted by Gasteiger charge is 2.09. The predicted molar refractivity (Wildman–Crippen MR) is 91.0 cm³/mol. The number of anilines is 1. The Morgan fingerprint density at radius 2 is 2.09 bits per heavy atom. The third-order valence-corrected chi connectivity index (χ3v) is 3.82. The number of aryl methyl sites for hydroxylation is 1. The smallest absolute Gasteiger partial charge is 0.255 e. The Morgan fingerprint density at radius 1 is 1.23 bits per heavy atom. The number of hydrogen-bond donors (Lipinski definition) is 1. The van der Waals surface area contributed by atoms with Crippen molar-refractivity contribution in [1.29, 1.82) is 0 Å². The molecule has 3 aromatic rings. The first-order chi connectivity index (χ1) is 10.6. The van der Waals surface area contributed by atoms with Gasteiger partial charge in [0.05, 0.1) is 5.69 Å². The van der Waals surface area contributed by atoms with E-state index in [9.17, 15) is 4.79 Å². The van der Waals surface area contributed by atoms with E-state index in [1.807, 2.05) is 43.3 Å². The van der Waals surface area contributed by atoms with Crippen LogP contribution in [0.1, 0.15) is 15.9 Å². The largest absolute Gasteiger partial charge is 0.322 e. The molecule has 110 valence electrons. The monoisotopic (exact) mass is 405 g/mol. The lowest BCUT2D eigenvalue weighted by atomic mass is 10.1. The van der Waals surface area contributed by atoms with E-state index >= 15 is 0 Å². The number of amides is 1. The standard InChI is InChI=1S/C15H12IN5O/c1-10-5-6-13(8-14(10)21-9-17-19-20-21)18-15(22)11-3-2-4-12(16)7-11/h2-9H,1H3,(H,18,22). The number of tetrazole rings is 1. The summed E-state index contributed by atoms with van der Waals surface area (Å²) in [4.78, 5) is 12.3. The molecule has 6 nitrogen and oxygen atoms in total. The number of aromatic nitrogens is 4. The van der Waals surface area contributed by atoms with Gasteiger partial charge < -0.3 is 5.32 Å². The predicted octanol–water partition coefficient (Wildman–Crippen LogP) is 2.83. The molecule has 0 atom stereocenters. The summed E-state index contributed by atoms with van der Waals surface area (Å²) in [6, 6.07) is 13.0. The molecular weight excluding hydrogens is 393 g/mol. The molecule has 2 aromatic carbocycles. The van der Waals surface area contributed by atoms with Crippen LogP contribution in [0.3, 0.4) is 0 Å². The van der Waals surface area contributed by atoms with Gasteiger partial charge in [0, 0.05) is 14.8 Å². The second-order valence-electron chi connectivity index (χ2n) is 4.72. The van der Waals surface area contributed by atoms with Crippen molar-refractivity contribution in [1.82, 2.24) is 20.2 Å². The van der Waals surface area contributed by atoms with Crippen LogP contribution in [-0.2, 0) is 0 Å². The maximum atomic E-state index is 12.3. The molecule has 1 N–H and O–H groups in total. The van der Waals surface area contributed by atoms with Crippen molar-refractivity contribution in [3.05, 3.63) is 63.5 Å². The molecular formula is C15H12IN5O. The van der Waals surface area contributed by atoms with Crippen LogP contribution in [-0.4, -0.2) is 26.1 Å². The summed E-state index contributed by atoms with van der Waals surface area (Å²) in [6.07, 6.45) is 1.52. The summed E-state index contributed by atoms with van der Waals surface area (Å²) >= 11 is 2.18. The third kappa shape index (κ3) is 3.14. The zero-order chi connectivity index (χ0) is 15.5. The number of nitrogens with zero attached hydrogens (tertiary/aromatic N) is 4. The minimum Gasteiger partial charge on any atom is -0.322 e. The first-order valence-electron chi connectivity index (χ1n) is 6.54. The second-order valence-corrected chi connectivity index (χ2v) is 5.97. The minimum atomic E-state index is -0.148. The van der Waals surface area contributed by atoms with Crippen LogP contribution in [0.15, 0.2) is 48.8 Å². The van der Waals surface area contributed by atoms with Crippen LogP contribution in [0.2, 0.25) is 0 Å². The molecule has 0 spiro atoms. The van der Waals surface area contributed by atoms with E-state index in [2.05, 4.69) is 43.4 Å². The Hall–Kier alpha value is -2.29. The fraction of sp³-hybridized carbons (Fsp3) is 0.0667. The molecule has 22 heavy (non-hydrogen) atoms. The molecule has 0 bridgehead atoms. The van der Waals surface area contributed by atoms with Gasteiger partial charge in [-0.2, -0.15) is 0 Å². The van der Waals surface area contributed by atoms with Gasteiger partial charge in [0.2, 0.25) is 0 Å². The highest BCUT2D eigenvalue weighted by Crippen LogP contribution is 2.19. The molecule has 0 aliphatic rings. The van der Waals surface area contributed by atoms with Gasteiger partial charge in [-0.1, -0.05) is 12.1 Å². The summed E-state index contributed by atoms with van der Waals surface area (Å²) in [5.74, 6) is -0.148. The van der Waals surface area contributed by atoms with Gasteiger partial charge in [-0.3, -0.25) is 4.79 Å². The Labute approximate surface area is 140 Å². The average molecular weight is 405 g/mol. The van der Waals surface area contributed by atoms with E-state index in [1.165, 1.54) is 6.33 Å². The maximum absolute atomic E-state index is 12.3. The topological polar surface area (TPSA) is 72.7 Å². The number of carbonyl (C=O) groups excluding carboxylic acids is 1. The SMILES string of the molecule is Cc1ccc(NC(=O)c2cccc(I)c2)cc1-n1cnnn1. The molecule has 0 unspecified atom stereocenters. The van der Waals surface area contributed by atoms with Gasteiger partial charge in [-0.15, -0.1) is 5.10 Å². The highest BCUT2D eigenvalue weighted by molar-refractivity contribution is 14.1. The first kappa shape index (κ1) is 14.6. The molecule has 1 amide bonds. The van der Waals surface area contributed by atoms with Gasteiger partial charge in [0.15, 0.2) is 0 Å². The molecule has 0 fully saturated rings. The molecule has 7 heteroatoms. The van der Waals surface area contributed by atoms with E-state index in [1.54, 1.807) is 10.7 Å². The van der Waals surface area contributed by atoms with Gasteiger partial charge in [-0.25, -0.2) is 4.68 Å². The average Bonchev–Trinajstić information content (AvgIpc) is 3.03. The Balaban J connectivity index is 1.87. The van der Waals surface area contributed by atoms with Crippen molar-refractivity contribution in [2.75, 3.05) is 5.32 Å². The molecule has 0 aliphatic carbocycles. The molecule has 0 radical (unpaired) electrons. The quantitative estimate of drug-likeness (QED) is 0.681. The first-order valence-corrected chi connectivity index (χ1v) is 7.62. The van der Waals surface area contributed by atoms with E-state index in [4.69, 9.17) is 0 Å². The number of benzene rings is 2. The van der Waals surface area contributed by atoms with Gasteiger partial charge >= 0.3 is 0 Å². The Kier molecular flexibility index (Phi) is 4.14. The zero-order valence-corrected chi connectivity index (χ0v) is 13.9. The van der Waals surface area contributed by atoms with Crippen LogP contribution in [0.4, 0.5) is 5.69 Å². The van der Waals surface area contributed by atoms with Crippen LogP contribution in [0.25, 0.3) is 5.69 Å². The molecule has 0 saturated carbocycles. The van der Waals surface area contributed by atoms with Crippen LogP contribution < -0.4 is 5.32 Å². The molecule has 3 rings (SSSR count). The van der Waals surface area contributed by atoms with E-state index in [0.29, 0.717) is 11.3 Å². The van der Waals surface area contributed by atoms with Gasteiger partial charge in [0.1, 0.15) is 6.33 Å². The van der Waals surface area contributed by atoms with Crippen molar-refractivity contribution in [3.8, 4) is 5.69 Å². The molecule has 0 aliphatic heterocycles. The summed E-state index contributed by atoms with van der Waals surface area (Å²) in [7, 11) is 0. The van der Waals surface area contributed by atoms with Crippen molar-refractivity contribution in [3.63, 3.8) is 0 Å². The van der Waals surface area contributed by atoms with E-state index in [-0.39, 0.29) is 5.91 Å². The summed E-state index contributed by atoms with van der Waals surface area (Å²) in [5.41, 5.74) is 3.15. The Bertz CT molecular complexity index is 817. The van der Waals surface area contributed by atoms with Crippen LogP contribution >= 0.6 is 22.6 Å². The fourth-order valence-electron chi connectivity index (χ4n) is 2.04. The molecule has 1 heterocycles. The zero-order valence-electron chi connectivity index (χ0n) is 11.7. The molecule has 0 saturated heterocycles.